The summed E-state index contributed by atoms with van der Waals surface area (Å²) in [7, 11) is 0. The minimum atomic E-state index is -0.433. The molecule has 2 fully saturated rings. The fourth-order valence-electron chi connectivity index (χ4n) is 5.01. The minimum Gasteiger partial charge on any atom is -0.378 e. The Hall–Kier alpha value is -4.02. The third-order valence-electron chi connectivity index (χ3n) is 6.94. The smallest absolute Gasteiger partial charge is 0.262 e. The lowest BCUT2D eigenvalue weighted by molar-refractivity contribution is -0.119. The molecule has 5 rings (SSSR count). The molecule has 1 saturated heterocycles. The standard InChI is InChI=1S/C29H29N5O2/c30-20-23(28(35)33-29(13-4-5-14-29)24-7-2-1-3-8-24)19-25-9-6-10-26(32-25)22-11-12-27(31-21-22)34-15-17-36-18-16-34/h1-3,6-12,19,21H,4-5,13-18H2,(H,33,35). The van der Waals surface area contributed by atoms with Gasteiger partial charge in [-0.1, -0.05) is 49.2 Å². The second kappa shape index (κ2) is 10.7. The van der Waals surface area contributed by atoms with E-state index in [9.17, 15) is 10.1 Å². The van der Waals surface area contributed by atoms with E-state index in [1.165, 1.54) is 0 Å². The fourth-order valence-corrected chi connectivity index (χ4v) is 5.01. The van der Waals surface area contributed by atoms with Crippen molar-refractivity contribution >= 4 is 17.8 Å². The summed E-state index contributed by atoms with van der Waals surface area (Å²) in [5, 5.41) is 13.0. The van der Waals surface area contributed by atoms with Gasteiger partial charge in [-0.3, -0.25) is 4.79 Å². The molecule has 2 aliphatic rings. The van der Waals surface area contributed by atoms with E-state index in [4.69, 9.17) is 4.74 Å². The highest BCUT2D eigenvalue weighted by atomic mass is 16.5. The van der Waals surface area contributed by atoms with Crippen molar-refractivity contribution in [2.24, 2.45) is 0 Å². The fraction of sp³-hybridized carbons (Fsp3) is 0.310. The lowest BCUT2D eigenvalue weighted by Crippen LogP contribution is -2.44. The van der Waals surface area contributed by atoms with Crippen LogP contribution in [0.3, 0.4) is 0 Å². The molecule has 1 aliphatic heterocycles. The van der Waals surface area contributed by atoms with Crippen LogP contribution in [0.4, 0.5) is 5.82 Å². The molecule has 0 radical (unpaired) electrons. The molecule has 0 spiro atoms. The number of nitrogens with one attached hydrogen (secondary N) is 1. The Bertz CT molecular complexity index is 1270. The van der Waals surface area contributed by atoms with E-state index in [1.807, 2.05) is 60.8 Å². The first-order valence-corrected chi connectivity index (χ1v) is 12.4. The summed E-state index contributed by atoms with van der Waals surface area (Å²) < 4.78 is 5.41. The molecule has 7 nitrogen and oxygen atoms in total. The van der Waals surface area contributed by atoms with E-state index in [2.05, 4.69) is 26.3 Å². The van der Waals surface area contributed by atoms with Crippen molar-refractivity contribution in [3.8, 4) is 17.3 Å². The number of carbonyl (C=O) groups is 1. The number of rotatable bonds is 6. The molecule has 1 saturated carbocycles. The predicted octanol–water partition coefficient (Wildman–Crippen LogP) is 4.47. The molecule has 0 bridgehead atoms. The van der Waals surface area contributed by atoms with Crippen LogP contribution in [-0.4, -0.2) is 42.2 Å². The van der Waals surface area contributed by atoms with Crippen LogP contribution in [0.2, 0.25) is 0 Å². The number of hydrogen-bond donors (Lipinski definition) is 1. The summed E-state index contributed by atoms with van der Waals surface area (Å²) in [4.78, 5) is 24.7. The number of nitriles is 1. The second-order valence-electron chi connectivity index (χ2n) is 9.23. The van der Waals surface area contributed by atoms with Crippen LogP contribution in [0.5, 0.6) is 0 Å². The summed E-state index contributed by atoms with van der Waals surface area (Å²) in [6.07, 6.45) is 7.18. The molecular weight excluding hydrogens is 450 g/mol. The Labute approximate surface area is 211 Å². The van der Waals surface area contributed by atoms with Crippen molar-refractivity contribution < 1.29 is 9.53 Å². The van der Waals surface area contributed by atoms with Gasteiger partial charge in [0.2, 0.25) is 0 Å². The molecule has 1 N–H and O–H groups in total. The SMILES string of the molecule is N#CC(=Cc1cccc(-c2ccc(N3CCOCC3)nc2)n1)C(=O)NC1(c2ccccc2)CCCC1. The van der Waals surface area contributed by atoms with Crippen molar-refractivity contribution in [1.29, 1.82) is 5.26 Å². The largest absolute Gasteiger partial charge is 0.378 e. The highest BCUT2D eigenvalue weighted by molar-refractivity contribution is 6.02. The number of amides is 1. The van der Waals surface area contributed by atoms with Gasteiger partial charge < -0.3 is 15.0 Å². The summed E-state index contributed by atoms with van der Waals surface area (Å²) in [6.45, 7) is 3.08. The molecule has 1 amide bonds. The predicted molar refractivity (Wildman–Crippen MR) is 139 cm³/mol. The van der Waals surface area contributed by atoms with Gasteiger partial charge in [0.05, 0.1) is 30.1 Å². The van der Waals surface area contributed by atoms with E-state index in [-0.39, 0.29) is 11.5 Å². The second-order valence-corrected chi connectivity index (χ2v) is 9.23. The molecular formula is C29H29N5O2. The molecule has 0 atom stereocenters. The monoisotopic (exact) mass is 479 g/mol. The molecule has 182 valence electrons. The van der Waals surface area contributed by atoms with Crippen molar-refractivity contribution in [3.05, 3.63) is 83.7 Å². The zero-order valence-corrected chi connectivity index (χ0v) is 20.2. The molecule has 0 unspecified atom stereocenters. The Kier molecular flexibility index (Phi) is 7.06. The third-order valence-corrected chi connectivity index (χ3v) is 6.94. The number of pyridine rings is 2. The van der Waals surface area contributed by atoms with Gasteiger partial charge in [-0.2, -0.15) is 5.26 Å². The number of morpholine rings is 1. The summed E-state index contributed by atoms with van der Waals surface area (Å²) in [5.74, 6) is 0.549. The number of aromatic nitrogens is 2. The highest BCUT2D eigenvalue weighted by Crippen LogP contribution is 2.39. The number of carbonyl (C=O) groups excluding carboxylic acids is 1. The van der Waals surface area contributed by atoms with E-state index in [0.717, 1.165) is 61.4 Å². The van der Waals surface area contributed by atoms with E-state index in [1.54, 1.807) is 12.1 Å². The quantitative estimate of drug-likeness (QED) is 0.414. The van der Waals surface area contributed by atoms with Gasteiger partial charge >= 0.3 is 0 Å². The van der Waals surface area contributed by atoms with E-state index < -0.39 is 5.54 Å². The Morgan fingerprint density at radius 3 is 2.50 bits per heavy atom. The van der Waals surface area contributed by atoms with Gasteiger partial charge in [-0.15, -0.1) is 0 Å². The van der Waals surface area contributed by atoms with Gasteiger partial charge in [-0.05, 0) is 48.7 Å². The van der Waals surface area contributed by atoms with Gasteiger partial charge in [0.25, 0.3) is 5.91 Å². The highest BCUT2D eigenvalue weighted by Gasteiger charge is 2.37. The molecule has 36 heavy (non-hydrogen) atoms. The van der Waals surface area contributed by atoms with Crippen LogP contribution in [0.25, 0.3) is 17.3 Å². The molecule has 2 aromatic heterocycles. The van der Waals surface area contributed by atoms with Crippen molar-refractivity contribution in [3.63, 3.8) is 0 Å². The van der Waals surface area contributed by atoms with Crippen molar-refractivity contribution in [2.75, 3.05) is 31.2 Å². The van der Waals surface area contributed by atoms with E-state index >= 15 is 0 Å². The molecule has 3 aromatic rings. The van der Waals surface area contributed by atoms with E-state index in [0.29, 0.717) is 18.9 Å². The molecule has 1 aliphatic carbocycles. The first kappa shape index (κ1) is 23.7. The average Bonchev–Trinajstić information content (AvgIpc) is 3.42. The number of hydrogen-bond acceptors (Lipinski definition) is 6. The summed E-state index contributed by atoms with van der Waals surface area (Å²) >= 11 is 0. The van der Waals surface area contributed by atoms with Gasteiger partial charge in [0.15, 0.2) is 0 Å². The van der Waals surface area contributed by atoms with Crippen molar-refractivity contribution in [1.82, 2.24) is 15.3 Å². The lowest BCUT2D eigenvalue weighted by Gasteiger charge is -2.31. The number of anilines is 1. The number of benzene rings is 1. The van der Waals surface area contributed by atoms with Crippen LogP contribution in [0.15, 0.2) is 72.4 Å². The zero-order chi connectivity index (χ0) is 24.8. The first-order chi connectivity index (χ1) is 17.7. The Morgan fingerprint density at radius 2 is 1.81 bits per heavy atom. The van der Waals surface area contributed by atoms with Gasteiger partial charge in [-0.25, -0.2) is 9.97 Å². The topological polar surface area (TPSA) is 91.1 Å². The van der Waals surface area contributed by atoms with Gasteiger partial charge in [0, 0.05) is 24.8 Å². The van der Waals surface area contributed by atoms with Crippen LogP contribution in [0, 0.1) is 11.3 Å². The maximum absolute atomic E-state index is 13.2. The van der Waals surface area contributed by atoms with Gasteiger partial charge in [0.1, 0.15) is 17.5 Å². The van der Waals surface area contributed by atoms with Crippen LogP contribution >= 0.6 is 0 Å². The normalized spacial score (nSPS) is 17.4. The molecule has 1 aromatic carbocycles. The van der Waals surface area contributed by atoms with Crippen LogP contribution in [0.1, 0.15) is 36.9 Å². The minimum absolute atomic E-state index is 0.0441. The summed E-state index contributed by atoms with van der Waals surface area (Å²) in [5.41, 5.74) is 2.86. The average molecular weight is 480 g/mol. The first-order valence-electron chi connectivity index (χ1n) is 12.4. The summed E-state index contributed by atoms with van der Waals surface area (Å²) in [6, 6.07) is 21.7. The van der Waals surface area contributed by atoms with Crippen molar-refractivity contribution in [2.45, 2.75) is 31.2 Å². The third kappa shape index (κ3) is 5.14. The maximum Gasteiger partial charge on any atom is 0.262 e. The lowest BCUT2D eigenvalue weighted by atomic mass is 9.88. The van der Waals surface area contributed by atoms with Crippen LogP contribution < -0.4 is 10.2 Å². The maximum atomic E-state index is 13.2. The Balaban J connectivity index is 1.35. The zero-order valence-electron chi connectivity index (χ0n) is 20.2. The Morgan fingerprint density at radius 1 is 1.03 bits per heavy atom. The molecule has 3 heterocycles. The van der Waals surface area contributed by atoms with Crippen LogP contribution in [-0.2, 0) is 15.1 Å². The number of nitrogens with zero attached hydrogens (tertiary/aromatic N) is 4. The number of ether oxygens (including phenoxy) is 1. The molecule has 7 heteroatoms.